The van der Waals surface area contributed by atoms with Crippen LogP contribution in [0.5, 0.6) is 0 Å². The second-order valence-electron chi connectivity index (χ2n) is 7.47. The molecule has 0 bridgehead atoms. The SMILES string of the molecule is O=C(NCC(=O)N1C[C@H](O)C[C@@H]1C(=O)O)OCC1c2ccccc2-c2ccccc21. The fourth-order valence-corrected chi connectivity index (χ4v) is 4.22. The van der Waals surface area contributed by atoms with Crippen molar-refractivity contribution in [3.8, 4) is 11.1 Å². The molecule has 1 heterocycles. The van der Waals surface area contributed by atoms with Gasteiger partial charge in [-0.05, 0) is 22.3 Å². The summed E-state index contributed by atoms with van der Waals surface area (Å²) in [5.74, 6) is -1.85. The number of alkyl carbamates (subject to hydrolysis) is 1. The molecule has 2 atom stereocenters. The first-order chi connectivity index (χ1) is 14.5. The summed E-state index contributed by atoms with van der Waals surface area (Å²) in [6.45, 7) is -0.344. The Morgan fingerprint density at radius 1 is 1.03 bits per heavy atom. The van der Waals surface area contributed by atoms with E-state index in [1.54, 1.807) is 0 Å². The maximum atomic E-state index is 12.3. The Morgan fingerprint density at radius 2 is 1.63 bits per heavy atom. The van der Waals surface area contributed by atoms with E-state index in [4.69, 9.17) is 4.74 Å². The third-order valence-electron chi connectivity index (χ3n) is 5.61. The lowest BCUT2D eigenvalue weighted by atomic mass is 9.98. The molecule has 2 aromatic rings. The number of carboxylic acid groups (broad SMARTS) is 1. The molecule has 2 aliphatic rings. The van der Waals surface area contributed by atoms with E-state index in [1.807, 2.05) is 48.5 Å². The van der Waals surface area contributed by atoms with Crippen LogP contribution < -0.4 is 5.32 Å². The van der Waals surface area contributed by atoms with Gasteiger partial charge in [0.05, 0.1) is 6.10 Å². The highest BCUT2D eigenvalue weighted by Gasteiger charge is 2.38. The second-order valence-corrected chi connectivity index (χ2v) is 7.47. The van der Waals surface area contributed by atoms with E-state index in [2.05, 4.69) is 5.32 Å². The second kappa shape index (κ2) is 8.16. The molecule has 2 aromatic carbocycles. The van der Waals surface area contributed by atoms with Crippen LogP contribution >= 0.6 is 0 Å². The number of amides is 2. The smallest absolute Gasteiger partial charge is 0.407 e. The number of benzene rings is 2. The fraction of sp³-hybridized carbons (Fsp3) is 0.318. The average molecular weight is 410 g/mol. The van der Waals surface area contributed by atoms with Crippen LogP contribution in [0.1, 0.15) is 23.5 Å². The molecule has 1 aliphatic heterocycles. The van der Waals surface area contributed by atoms with Gasteiger partial charge in [-0.1, -0.05) is 48.5 Å². The first-order valence-corrected chi connectivity index (χ1v) is 9.75. The minimum absolute atomic E-state index is 0.0218. The standard InChI is InChI=1S/C22H22N2O6/c25-13-9-19(21(27)28)24(11-13)20(26)10-23-22(29)30-12-18-16-7-3-1-5-14(16)15-6-2-4-8-17(15)18/h1-8,13,18-19,25H,9-12H2,(H,23,29)(H,27,28)/t13-,19-/m1/s1. The molecule has 3 N–H and O–H groups in total. The first-order valence-electron chi connectivity index (χ1n) is 9.75. The monoisotopic (exact) mass is 410 g/mol. The molecule has 1 fully saturated rings. The number of carbonyl (C=O) groups excluding carboxylic acids is 2. The van der Waals surface area contributed by atoms with Crippen LogP contribution in [0.4, 0.5) is 4.79 Å². The number of carboxylic acids is 1. The van der Waals surface area contributed by atoms with Crippen molar-refractivity contribution >= 4 is 18.0 Å². The molecule has 1 aliphatic carbocycles. The maximum absolute atomic E-state index is 12.3. The molecular formula is C22H22N2O6. The van der Waals surface area contributed by atoms with Crippen LogP contribution in [0.3, 0.4) is 0 Å². The molecule has 4 rings (SSSR count). The number of nitrogens with zero attached hydrogens (tertiary/aromatic N) is 1. The van der Waals surface area contributed by atoms with Crippen molar-refractivity contribution < 1.29 is 29.3 Å². The summed E-state index contributed by atoms with van der Waals surface area (Å²) in [5, 5.41) is 21.2. The Bertz CT molecular complexity index is 946. The first kappa shape index (κ1) is 19.9. The molecule has 0 saturated carbocycles. The molecule has 0 aromatic heterocycles. The van der Waals surface area contributed by atoms with Crippen LogP contribution in [0, 0.1) is 0 Å². The molecule has 30 heavy (non-hydrogen) atoms. The summed E-state index contributed by atoms with van der Waals surface area (Å²) in [7, 11) is 0. The van der Waals surface area contributed by atoms with Gasteiger partial charge in [-0.2, -0.15) is 0 Å². The predicted octanol–water partition coefficient (Wildman–Crippen LogP) is 1.57. The van der Waals surface area contributed by atoms with Gasteiger partial charge in [0.25, 0.3) is 0 Å². The molecule has 156 valence electrons. The van der Waals surface area contributed by atoms with Crippen LogP contribution in [0.15, 0.2) is 48.5 Å². The number of β-amino-alcohol motifs (C(OH)–C–C–N with tert-alkyl or cyclic N) is 1. The van der Waals surface area contributed by atoms with Gasteiger partial charge >= 0.3 is 12.1 Å². The van der Waals surface area contributed by atoms with E-state index < -0.39 is 36.7 Å². The van der Waals surface area contributed by atoms with Crippen molar-refractivity contribution in [3.63, 3.8) is 0 Å². The number of hydrogen-bond donors (Lipinski definition) is 3. The van der Waals surface area contributed by atoms with Gasteiger partial charge in [-0.25, -0.2) is 9.59 Å². The van der Waals surface area contributed by atoms with Crippen molar-refractivity contribution in [2.75, 3.05) is 19.7 Å². The van der Waals surface area contributed by atoms with Gasteiger partial charge in [-0.3, -0.25) is 4.79 Å². The van der Waals surface area contributed by atoms with Gasteiger partial charge < -0.3 is 25.2 Å². The minimum atomic E-state index is -1.18. The zero-order valence-corrected chi connectivity index (χ0v) is 16.2. The van der Waals surface area contributed by atoms with Crippen molar-refractivity contribution in [1.82, 2.24) is 10.2 Å². The van der Waals surface area contributed by atoms with Gasteiger partial charge in [0, 0.05) is 18.9 Å². The van der Waals surface area contributed by atoms with E-state index in [9.17, 15) is 24.6 Å². The number of aliphatic hydroxyl groups excluding tert-OH is 1. The highest BCUT2D eigenvalue weighted by Crippen LogP contribution is 2.44. The van der Waals surface area contributed by atoms with Gasteiger partial charge in [0.2, 0.25) is 5.91 Å². The molecular weight excluding hydrogens is 388 g/mol. The molecule has 1 saturated heterocycles. The topological polar surface area (TPSA) is 116 Å². The van der Waals surface area contributed by atoms with Gasteiger partial charge in [0.15, 0.2) is 0 Å². The number of ether oxygens (including phenoxy) is 1. The summed E-state index contributed by atoms with van der Waals surface area (Å²) in [6.07, 6.45) is -1.66. The Kier molecular flexibility index (Phi) is 5.41. The molecule has 0 spiro atoms. The number of carbonyl (C=O) groups is 3. The maximum Gasteiger partial charge on any atom is 0.407 e. The van der Waals surface area contributed by atoms with Crippen molar-refractivity contribution in [1.29, 1.82) is 0 Å². The normalized spacial score (nSPS) is 19.8. The fourth-order valence-electron chi connectivity index (χ4n) is 4.22. The van der Waals surface area contributed by atoms with Crippen LogP contribution in [0.2, 0.25) is 0 Å². The summed E-state index contributed by atoms with van der Waals surface area (Å²) >= 11 is 0. The highest BCUT2D eigenvalue weighted by atomic mass is 16.5. The third kappa shape index (κ3) is 3.73. The predicted molar refractivity (Wildman–Crippen MR) is 107 cm³/mol. The lowest BCUT2D eigenvalue weighted by Crippen LogP contribution is -2.45. The quantitative estimate of drug-likeness (QED) is 0.689. The van der Waals surface area contributed by atoms with Crippen LogP contribution in [-0.4, -0.2) is 64.9 Å². The summed E-state index contributed by atoms with van der Waals surface area (Å²) < 4.78 is 5.36. The molecule has 0 unspecified atom stereocenters. The number of aliphatic carboxylic acids is 1. The van der Waals surface area contributed by atoms with Crippen molar-refractivity contribution in [2.45, 2.75) is 24.5 Å². The Labute approximate surface area is 173 Å². The zero-order chi connectivity index (χ0) is 21.3. The Morgan fingerprint density at radius 3 is 2.23 bits per heavy atom. The number of aliphatic hydroxyl groups is 1. The number of likely N-dealkylation sites (tertiary alicyclic amines) is 1. The van der Waals surface area contributed by atoms with E-state index >= 15 is 0 Å². The van der Waals surface area contributed by atoms with E-state index in [0.717, 1.165) is 27.2 Å². The van der Waals surface area contributed by atoms with E-state index in [1.165, 1.54) is 0 Å². The molecule has 0 radical (unpaired) electrons. The van der Waals surface area contributed by atoms with E-state index in [0.29, 0.717) is 0 Å². The summed E-state index contributed by atoms with van der Waals surface area (Å²) in [4.78, 5) is 36.7. The van der Waals surface area contributed by atoms with Gasteiger partial charge in [-0.15, -0.1) is 0 Å². The Hall–Kier alpha value is -3.39. The summed E-state index contributed by atoms with van der Waals surface area (Å²) in [5.41, 5.74) is 4.39. The number of nitrogens with one attached hydrogen (secondary N) is 1. The number of hydrogen-bond acceptors (Lipinski definition) is 5. The van der Waals surface area contributed by atoms with Crippen LogP contribution in [0.25, 0.3) is 11.1 Å². The highest BCUT2D eigenvalue weighted by molar-refractivity contribution is 5.87. The lowest BCUT2D eigenvalue weighted by Gasteiger charge is -2.21. The average Bonchev–Trinajstić information content (AvgIpc) is 3.29. The van der Waals surface area contributed by atoms with Crippen molar-refractivity contribution in [3.05, 3.63) is 59.7 Å². The summed E-state index contributed by atoms with van der Waals surface area (Å²) in [6, 6.07) is 14.8. The zero-order valence-electron chi connectivity index (χ0n) is 16.2. The number of fused-ring (bicyclic) bond motifs is 3. The Balaban J connectivity index is 1.35. The molecule has 8 nitrogen and oxygen atoms in total. The minimum Gasteiger partial charge on any atom is -0.480 e. The van der Waals surface area contributed by atoms with Crippen molar-refractivity contribution in [2.24, 2.45) is 0 Å². The number of rotatable bonds is 5. The lowest BCUT2D eigenvalue weighted by molar-refractivity contribution is -0.147. The molecule has 2 amide bonds. The largest absolute Gasteiger partial charge is 0.480 e. The van der Waals surface area contributed by atoms with E-state index in [-0.39, 0.29) is 25.5 Å². The molecule has 8 heteroatoms. The van der Waals surface area contributed by atoms with Gasteiger partial charge in [0.1, 0.15) is 19.2 Å². The third-order valence-corrected chi connectivity index (χ3v) is 5.61. The van der Waals surface area contributed by atoms with Crippen LogP contribution in [-0.2, 0) is 14.3 Å².